The van der Waals surface area contributed by atoms with Gasteiger partial charge in [0.05, 0.1) is 0 Å². The Bertz CT molecular complexity index is 2280. The van der Waals surface area contributed by atoms with E-state index in [0.29, 0.717) is 0 Å². The van der Waals surface area contributed by atoms with E-state index in [1.807, 2.05) is 6.07 Å². The summed E-state index contributed by atoms with van der Waals surface area (Å²) < 4.78 is 6.43. The normalized spacial score (nSPS) is 12.1. The number of fused-ring (bicyclic) bond motifs is 5. The van der Waals surface area contributed by atoms with Gasteiger partial charge in [0.25, 0.3) is 0 Å². The van der Waals surface area contributed by atoms with E-state index in [1.54, 1.807) is 0 Å². The van der Waals surface area contributed by atoms with Crippen LogP contribution in [0.2, 0.25) is 0 Å². The largest absolute Gasteiger partial charge is 0.456 e. The summed E-state index contributed by atoms with van der Waals surface area (Å²) in [7, 11) is 0. The van der Waals surface area contributed by atoms with Gasteiger partial charge in [-0.05, 0) is 77.7 Å². The maximum atomic E-state index is 6.43. The molecule has 1 aliphatic rings. The van der Waals surface area contributed by atoms with Crippen molar-refractivity contribution in [3.63, 3.8) is 0 Å². The first-order valence-corrected chi connectivity index (χ1v) is 14.1. The molecule has 1 heteroatoms. The highest BCUT2D eigenvalue weighted by molar-refractivity contribution is 6.26. The number of benzene rings is 8. The SMILES string of the molecule is c1ccc2c(c1)Oc1cccc3c(-c4c5ccccc5c(-c5cccc6ccccc56)c5ccccc45)ccc-2c13. The fourth-order valence-corrected chi connectivity index (χ4v) is 6.95. The van der Waals surface area contributed by atoms with Gasteiger partial charge in [-0.25, -0.2) is 0 Å². The molecule has 0 aliphatic carbocycles. The smallest absolute Gasteiger partial charge is 0.135 e. The van der Waals surface area contributed by atoms with Gasteiger partial charge in [-0.3, -0.25) is 0 Å². The summed E-state index contributed by atoms with van der Waals surface area (Å²) in [6.45, 7) is 0. The van der Waals surface area contributed by atoms with E-state index >= 15 is 0 Å². The molecule has 0 atom stereocenters. The van der Waals surface area contributed by atoms with Gasteiger partial charge in [0.2, 0.25) is 0 Å². The van der Waals surface area contributed by atoms with Crippen molar-refractivity contribution in [1.82, 2.24) is 0 Å². The van der Waals surface area contributed by atoms with E-state index in [4.69, 9.17) is 4.74 Å². The van der Waals surface area contributed by atoms with Crippen LogP contribution in [-0.4, -0.2) is 0 Å². The van der Waals surface area contributed by atoms with E-state index in [9.17, 15) is 0 Å². The Kier molecular flexibility index (Phi) is 4.67. The lowest BCUT2D eigenvalue weighted by molar-refractivity contribution is 0.487. The Morgan fingerprint density at radius 3 is 1.49 bits per heavy atom. The summed E-state index contributed by atoms with van der Waals surface area (Å²) in [4.78, 5) is 0. The van der Waals surface area contributed by atoms with Crippen LogP contribution in [0.15, 0.2) is 146 Å². The monoisotopic (exact) mass is 520 g/mol. The highest BCUT2D eigenvalue weighted by Crippen LogP contribution is 2.51. The van der Waals surface area contributed by atoms with Crippen LogP contribution in [0.3, 0.4) is 0 Å². The molecule has 0 amide bonds. The topological polar surface area (TPSA) is 9.23 Å². The molecule has 1 aliphatic heterocycles. The maximum absolute atomic E-state index is 6.43. The van der Waals surface area contributed by atoms with Crippen molar-refractivity contribution in [2.45, 2.75) is 0 Å². The predicted octanol–water partition coefficient (Wildman–Crippen LogP) is 11.4. The molecular weight excluding hydrogens is 496 g/mol. The first-order valence-electron chi connectivity index (χ1n) is 14.1. The molecule has 0 radical (unpaired) electrons. The van der Waals surface area contributed by atoms with Crippen molar-refractivity contribution in [3.05, 3.63) is 146 Å². The van der Waals surface area contributed by atoms with Crippen molar-refractivity contribution >= 4 is 43.1 Å². The van der Waals surface area contributed by atoms with Gasteiger partial charge in [0.1, 0.15) is 11.5 Å². The highest BCUT2D eigenvalue weighted by Gasteiger charge is 2.23. The molecule has 8 aromatic rings. The summed E-state index contributed by atoms with van der Waals surface area (Å²) in [5.74, 6) is 1.83. The minimum absolute atomic E-state index is 0.913. The standard InChI is InChI=1S/C40H24O/c1-2-13-26-25(11-1)12-9-19-28(26)38-29-15-3-5-17-31(29)39(32-18-6-4-16-30(32)38)35-24-23-34-27-14-7-8-21-36(27)41-37-22-10-20-33(35)40(34)37/h1-24H. The summed E-state index contributed by atoms with van der Waals surface area (Å²) in [6.07, 6.45) is 0. The highest BCUT2D eigenvalue weighted by atomic mass is 16.5. The molecule has 0 saturated heterocycles. The van der Waals surface area contributed by atoms with Crippen molar-refractivity contribution in [2.75, 3.05) is 0 Å². The Morgan fingerprint density at radius 1 is 0.293 bits per heavy atom. The number of ether oxygens (including phenoxy) is 1. The molecule has 190 valence electrons. The minimum Gasteiger partial charge on any atom is -0.456 e. The summed E-state index contributed by atoms with van der Waals surface area (Å²) in [5, 5.41) is 9.96. The van der Waals surface area contributed by atoms with Gasteiger partial charge in [-0.2, -0.15) is 0 Å². The predicted molar refractivity (Wildman–Crippen MR) is 173 cm³/mol. The Balaban J connectivity index is 1.43. The molecule has 41 heavy (non-hydrogen) atoms. The second-order valence-electron chi connectivity index (χ2n) is 10.8. The lowest BCUT2D eigenvalue weighted by Gasteiger charge is -2.24. The molecule has 1 nitrogen and oxygen atoms in total. The molecule has 0 fully saturated rings. The lowest BCUT2D eigenvalue weighted by atomic mass is 9.82. The summed E-state index contributed by atoms with van der Waals surface area (Å²) in [5.41, 5.74) is 7.42. The molecule has 0 spiro atoms. The van der Waals surface area contributed by atoms with E-state index in [-0.39, 0.29) is 0 Å². The minimum atomic E-state index is 0.913. The molecule has 9 rings (SSSR count). The number of hydrogen-bond acceptors (Lipinski definition) is 1. The molecule has 1 heterocycles. The first kappa shape index (κ1) is 22.4. The third-order valence-corrected chi connectivity index (χ3v) is 8.66. The van der Waals surface area contributed by atoms with Crippen molar-refractivity contribution in [3.8, 4) is 44.9 Å². The number of hydrogen-bond donors (Lipinski definition) is 0. The fraction of sp³-hybridized carbons (Fsp3) is 0. The van der Waals surface area contributed by atoms with Crippen molar-refractivity contribution in [1.29, 1.82) is 0 Å². The molecule has 0 unspecified atom stereocenters. The van der Waals surface area contributed by atoms with Gasteiger partial charge in [0.15, 0.2) is 0 Å². The van der Waals surface area contributed by atoms with Crippen LogP contribution in [0.1, 0.15) is 0 Å². The van der Waals surface area contributed by atoms with Gasteiger partial charge in [-0.1, -0.05) is 133 Å². The molecule has 0 saturated carbocycles. The van der Waals surface area contributed by atoms with Crippen LogP contribution in [0, 0.1) is 0 Å². The Hall–Kier alpha value is -5.40. The van der Waals surface area contributed by atoms with Crippen molar-refractivity contribution in [2.24, 2.45) is 0 Å². The van der Waals surface area contributed by atoms with Crippen molar-refractivity contribution < 1.29 is 4.74 Å². The van der Waals surface area contributed by atoms with E-state index in [0.717, 1.165) is 17.1 Å². The molecule has 0 bridgehead atoms. The van der Waals surface area contributed by atoms with Crippen LogP contribution < -0.4 is 4.74 Å². The van der Waals surface area contributed by atoms with E-state index in [2.05, 4.69) is 140 Å². The van der Waals surface area contributed by atoms with E-state index < -0.39 is 0 Å². The first-order chi connectivity index (χ1) is 20.4. The van der Waals surface area contributed by atoms with Gasteiger partial charge in [-0.15, -0.1) is 0 Å². The third kappa shape index (κ3) is 3.18. The van der Waals surface area contributed by atoms with Crippen LogP contribution in [-0.2, 0) is 0 Å². The van der Waals surface area contributed by atoms with Crippen LogP contribution >= 0.6 is 0 Å². The average molecular weight is 521 g/mol. The van der Waals surface area contributed by atoms with Gasteiger partial charge in [0, 0.05) is 10.9 Å². The molecular formula is C40H24O. The number of rotatable bonds is 2. The fourth-order valence-electron chi connectivity index (χ4n) is 6.95. The van der Waals surface area contributed by atoms with Crippen LogP contribution in [0.5, 0.6) is 11.5 Å². The maximum Gasteiger partial charge on any atom is 0.135 e. The zero-order valence-corrected chi connectivity index (χ0v) is 22.3. The number of para-hydroxylation sites is 1. The van der Waals surface area contributed by atoms with Gasteiger partial charge >= 0.3 is 0 Å². The Labute approximate surface area is 237 Å². The van der Waals surface area contributed by atoms with Crippen LogP contribution in [0.25, 0.3) is 76.5 Å². The second kappa shape index (κ2) is 8.55. The summed E-state index contributed by atoms with van der Waals surface area (Å²) in [6, 6.07) is 52.5. The zero-order valence-electron chi connectivity index (χ0n) is 22.3. The summed E-state index contributed by atoms with van der Waals surface area (Å²) >= 11 is 0. The molecule has 0 N–H and O–H groups in total. The molecule has 0 aromatic heterocycles. The van der Waals surface area contributed by atoms with Gasteiger partial charge < -0.3 is 4.74 Å². The lowest BCUT2D eigenvalue weighted by Crippen LogP contribution is -1.98. The van der Waals surface area contributed by atoms with E-state index in [1.165, 1.54) is 70.9 Å². The zero-order chi connectivity index (χ0) is 26.9. The van der Waals surface area contributed by atoms with Crippen LogP contribution in [0.4, 0.5) is 0 Å². The quantitative estimate of drug-likeness (QED) is 0.206. The second-order valence-corrected chi connectivity index (χ2v) is 10.8. The Morgan fingerprint density at radius 2 is 0.756 bits per heavy atom. The average Bonchev–Trinajstić information content (AvgIpc) is 3.04. The molecule has 8 aromatic carbocycles. The third-order valence-electron chi connectivity index (χ3n) is 8.66.